The molecule has 34 heavy (non-hydrogen) atoms. The molecule has 0 aliphatic carbocycles. The summed E-state index contributed by atoms with van der Waals surface area (Å²) in [6.07, 6.45) is -0.526. The number of carbonyl (C=O) groups excluding carboxylic acids is 3. The number of carbonyl (C=O) groups is 3. The second-order valence-electron chi connectivity index (χ2n) is 8.43. The highest BCUT2D eigenvalue weighted by atomic mass is 32.2. The van der Waals surface area contributed by atoms with Crippen LogP contribution in [0.5, 0.6) is 11.5 Å². The average molecular weight is 486 g/mol. The number of para-hydroxylation sites is 1. The van der Waals surface area contributed by atoms with E-state index in [0.717, 1.165) is 0 Å². The first kappa shape index (κ1) is 22.2. The summed E-state index contributed by atoms with van der Waals surface area (Å²) in [6, 6.07) is 9.57. The minimum absolute atomic E-state index is 0.0217. The van der Waals surface area contributed by atoms with Crippen molar-refractivity contribution in [2.45, 2.75) is 18.6 Å². The van der Waals surface area contributed by atoms with Gasteiger partial charge in [0.2, 0.25) is 5.91 Å². The molecule has 0 spiro atoms. The second kappa shape index (κ2) is 8.01. The van der Waals surface area contributed by atoms with E-state index < -0.39 is 33.9 Å². The molecule has 2 aromatic rings. The Labute approximate surface area is 196 Å². The normalized spacial score (nSPS) is 22.2. The lowest BCUT2D eigenvalue weighted by atomic mass is 10.0. The summed E-state index contributed by atoms with van der Waals surface area (Å²) in [5.74, 6) is -0.733. The summed E-state index contributed by atoms with van der Waals surface area (Å²) in [6.45, 7) is -0.341. The molecule has 3 heterocycles. The lowest BCUT2D eigenvalue weighted by Gasteiger charge is -2.40. The monoisotopic (exact) mass is 485 g/mol. The molecule has 0 bridgehead atoms. The Hall–Kier alpha value is -3.60. The molecule has 0 saturated carbocycles. The predicted octanol–water partition coefficient (Wildman–Crippen LogP) is 1.12. The molecule has 1 fully saturated rings. The molecule has 3 amide bonds. The number of fused-ring (bicyclic) bond motifs is 5. The van der Waals surface area contributed by atoms with Gasteiger partial charge in [0.25, 0.3) is 11.8 Å². The highest BCUT2D eigenvalue weighted by Gasteiger charge is 2.50. The lowest BCUT2D eigenvalue weighted by Crippen LogP contribution is -2.52. The van der Waals surface area contributed by atoms with Gasteiger partial charge in [-0.3, -0.25) is 19.3 Å². The first-order chi connectivity index (χ1) is 16.3. The molecule has 10 nitrogen and oxygen atoms in total. The first-order valence-corrected chi connectivity index (χ1v) is 12.6. The van der Waals surface area contributed by atoms with E-state index in [9.17, 15) is 22.8 Å². The van der Waals surface area contributed by atoms with Crippen LogP contribution in [0.3, 0.4) is 0 Å². The zero-order chi connectivity index (χ0) is 24.2. The van der Waals surface area contributed by atoms with E-state index in [1.165, 1.54) is 24.0 Å². The Bertz CT molecular complexity index is 1320. The van der Waals surface area contributed by atoms with Gasteiger partial charge in [-0.1, -0.05) is 18.2 Å². The van der Waals surface area contributed by atoms with Crippen molar-refractivity contribution in [1.82, 2.24) is 10.2 Å². The van der Waals surface area contributed by atoms with Crippen molar-refractivity contribution in [1.29, 1.82) is 0 Å². The highest BCUT2D eigenvalue weighted by molar-refractivity contribution is 7.91. The van der Waals surface area contributed by atoms with E-state index in [1.807, 2.05) is 0 Å². The third kappa shape index (κ3) is 3.38. The molecule has 2 atom stereocenters. The Balaban J connectivity index is 1.55. The summed E-state index contributed by atoms with van der Waals surface area (Å²) < 4.78 is 34.3. The van der Waals surface area contributed by atoms with Crippen LogP contribution in [-0.4, -0.2) is 69.4 Å². The van der Waals surface area contributed by atoms with Gasteiger partial charge in [-0.25, -0.2) is 8.42 Å². The van der Waals surface area contributed by atoms with Crippen molar-refractivity contribution in [3.05, 3.63) is 53.1 Å². The standard InChI is InChI=1S/C23H23N3O7S/c1-32-17-8-7-15-19(20(17)33-2)23(29)26-16-6-4-3-5-14(16)22(28)25(21(15)26)11-18(27)24-13-9-10-34(30,31)12-13/h3-8,13,21H,9-12H2,1-2H3,(H,24,27)/t13-,21-/m0/s1. The van der Waals surface area contributed by atoms with Gasteiger partial charge in [0.1, 0.15) is 12.7 Å². The van der Waals surface area contributed by atoms with Crippen molar-refractivity contribution in [2.24, 2.45) is 0 Å². The lowest BCUT2D eigenvalue weighted by molar-refractivity contribution is -0.122. The molecule has 11 heteroatoms. The van der Waals surface area contributed by atoms with Crippen LogP contribution in [0.15, 0.2) is 36.4 Å². The fourth-order valence-corrected chi connectivity index (χ4v) is 6.60. The third-order valence-electron chi connectivity index (χ3n) is 6.39. The summed E-state index contributed by atoms with van der Waals surface area (Å²) in [5.41, 5.74) is 1.52. The molecule has 3 aliphatic rings. The molecular weight excluding hydrogens is 462 g/mol. The zero-order valence-electron chi connectivity index (χ0n) is 18.6. The maximum Gasteiger partial charge on any atom is 0.264 e. The maximum atomic E-state index is 13.6. The minimum atomic E-state index is -3.17. The van der Waals surface area contributed by atoms with Crippen LogP contribution >= 0.6 is 0 Å². The first-order valence-electron chi connectivity index (χ1n) is 10.7. The molecule has 5 rings (SSSR count). The van der Waals surface area contributed by atoms with Gasteiger partial charge in [-0.2, -0.15) is 0 Å². The molecule has 0 unspecified atom stereocenters. The van der Waals surface area contributed by atoms with Gasteiger partial charge < -0.3 is 19.7 Å². The molecule has 2 aromatic carbocycles. The fourth-order valence-electron chi connectivity index (χ4n) is 4.92. The zero-order valence-corrected chi connectivity index (χ0v) is 19.4. The number of sulfone groups is 1. The number of hydrogen-bond donors (Lipinski definition) is 1. The molecular formula is C23H23N3O7S. The minimum Gasteiger partial charge on any atom is -0.493 e. The van der Waals surface area contributed by atoms with Crippen LogP contribution < -0.4 is 19.7 Å². The summed E-state index contributed by atoms with van der Waals surface area (Å²) >= 11 is 0. The van der Waals surface area contributed by atoms with Gasteiger partial charge in [-0.15, -0.1) is 0 Å². The smallest absolute Gasteiger partial charge is 0.264 e. The van der Waals surface area contributed by atoms with E-state index in [1.54, 1.807) is 36.4 Å². The van der Waals surface area contributed by atoms with Crippen LogP contribution in [0.2, 0.25) is 0 Å². The van der Waals surface area contributed by atoms with E-state index >= 15 is 0 Å². The summed E-state index contributed by atoms with van der Waals surface area (Å²) in [4.78, 5) is 42.8. The maximum absolute atomic E-state index is 13.6. The Morgan fingerprint density at radius 2 is 1.85 bits per heavy atom. The van der Waals surface area contributed by atoms with Crippen LogP contribution in [0, 0.1) is 0 Å². The number of amides is 3. The SMILES string of the molecule is COc1ccc2c(c1OC)C(=O)N1c3ccccc3C(=O)N(CC(=O)N[C@H]3CCS(=O)(=O)C3)[C@H]21. The molecule has 3 aliphatic heterocycles. The molecule has 0 radical (unpaired) electrons. The van der Waals surface area contributed by atoms with Gasteiger partial charge in [0.15, 0.2) is 21.3 Å². The highest BCUT2D eigenvalue weighted by Crippen LogP contribution is 2.49. The number of nitrogens with zero attached hydrogens (tertiary/aromatic N) is 2. The van der Waals surface area contributed by atoms with Gasteiger partial charge >= 0.3 is 0 Å². The summed E-state index contributed by atoms with van der Waals surface area (Å²) in [5, 5.41) is 2.72. The van der Waals surface area contributed by atoms with Crippen molar-refractivity contribution in [3.63, 3.8) is 0 Å². The third-order valence-corrected chi connectivity index (χ3v) is 8.16. The Morgan fingerprint density at radius 1 is 1.09 bits per heavy atom. The molecule has 1 N–H and O–H groups in total. The molecule has 178 valence electrons. The largest absolute Gasteiger partial charge is 0.493 e. The molecule has 1 saturated heterocycles. The Kier molecular flexibility index (Phi) is 5.23. The predicted molar refractivity (Wildman–Crippen MR) is 122 cm³/mol. The van der Waals surface area contributed by atoms with Crippen molar-refractivity contribution < 1.29 is 32.3 Å². The van der Waals surface area contributed by atoms with Crippen LogP contribution in [0.4, 0.5) is 5.69 Å². The average Bonchev–Trinajstić information content (AvgIpc) is 3.31. The van der Waals surface area contributed by atoms with E-state index in [-0.39, 0.29) is 35.3 Å². The van der Waals surface area contributed by atoms with Crippen molar-refractivity contribution in [3.8, 4) is 11.5 Å². The second-order valence-corrected chi connectivity index (χ2v) is 10.7. The van der Waals surface area contributed by atoms with Crippen LogP contribution in [0.1, 0.15) is 38.9 Å². The number of anilines is 1. The van der Waals surface area contributed by atoms with Crippen LogP contribution in [-0.2, 0) is 14.6 Å². The summed E-state index contributed by atoms with van der Waals surface area (Å²) in [7, 11) is -0.273. The number of nitrogens with one attached hydrogen (secondary N) is 1. The number of hydrogen-bond acceptors (Lipinski definition) is 7. The van der Waals surface area contributed by atoms with Crippen LogP contribution in [0.25, 0.3) is 0 Å². The number of benzene rings is 2. The van der Waals surface area contributed by atoms with Crippen molar-refractivity contribution in [2.75, 3.05) is 37.2 Å². The van der Waals surface area contributed by atoms with E-state index in [4.69, 9.17) is 9.47 Å². The Morgan fingerprint density at radius 3 is 2.53 bits per heavy atom. The topological polar surface area (TPSA) is 122 Å². The van der Waals surface area contributed by atoms with Gasteiger partial charge in [-0.05, 0) is 24.6 Å². The van der Waals surface area contributed by atoms with E-state index in [0.29, 0.717) is 29.0 Å². The van der Waals surface area contributed by atoms with Gasteiger partial charge in [0.05, 0.1) is 42.5 Å². The number of rotatable bonds is 5. The number of ether oxygens (including phenoxy) is 2. The van der Waals surface area contributed by atoms with Gasteiger partial charge in [0, 0.05) is 11.6 Å². The molecule has 0 aromatic heterocycles. The fraction of sp³-hybridized carbons (Fsp3) is 0.348. The number of methoxy groups -OCH3 is 2. The van der Waals surface area contributed by atoms with E-state index in [2.05, 4.69) is 5.32 Å². The van der Waals surface area contributed by atoms with Crippen molar-refractivity contribution >= 4 is 33.2 Å². The quantitative estimate of drug-likeness (QED) is 0.673.